The molecule has 0 bridgehead atoms. The summed E-state index contributed by atoms with van der Waals surface area (Å²) < 4.78 is 0. The van der Waals surface area contributed by atoms with Crippen LogP contribution < -0.4 is 20.5 Å². The monoisotopic (exact) mass is 747 g/mol. The number of hydrogen-bond acceptors (Lipinski definition) is 1. The molecular weight excluding hydrogens is 703 g/mol. The molecule has 2 heteroatoms. The summed E-state index contributed by atoms with van der Waals surface area (Å²) in [5.74, 6) is 0. The van der Waals surface area contributed by atoms with Crippen molar-refractivity contribution >= 4 is 58.9 Å². The van der Waals surface area contributed by atoms with Crippen LogP contribution in [0.15, 0.2) is 218 Å². The molecule has 0 aromatic heterocycles. The average molecular weight is 748 g/mol. The van der Waals surface area contributed by atoms with E-state index in [1.807, 2.05) is 0 Å². The summed E-state index contributed by atoms with van der Waals surface area (Å²) in [6.45, 7) is 4.75. The van der Waals surface area contributed by atoms with Crippen molar-refractivity contribution in [2.24, 2.45) is 0 Å². The van der Waals surface area contributed by atoms with E-state index in [1.54, 1.807) is 0 Å². The molecule has 9 rings (SSSR count). The van der Waals surface area contributed by atoms with Crippen molar-refractivity contribution in [2.45, 2.75) is 19.3 Å². The van der Waals surface area contributed by atoms with Gasteiger partial charge in [0, 0.05) is 22.5 Å². The van der Waals surface area contributed by atoms with Gasteiger partial charge in [0.05, 0.1) is 0 Å². The van der Waals surface area contributed by atoms with Gasteiger partial charge in [-0.3, -0.25) is 0 Å². The van der Waals surface area contributed by atoms with Crippen molar-refractivity contribution in [1.29, 1.82) is 0 Å². The summed E-state index contributed by atoms with van der Waals surface area (Å²) in [4.78, 5) is 2.29. The largest absolute Gasteiger partial charge is 0.311 e. The molecule has 57 heavy (non-hydrogen) atoms. The number of nitrogens with zero attached hydrogens (tertiary/aromatic N) is 1. The highest BCUT2D eigenvalue weighted by atomic mass is 28.3. The summed E-state index contributed by atoms with van der Waals surface area (Å²) in [6, 6.07) is 77.2. The van der Waals surface area contributed by atoms with E-state index in [4.69, 9.17) is 0 Å². The number of benzene rings is 8. The molecule has 0 saturated heterocycles. The number of anilines is 3. The van der Waals surface area contributed by atoms with Crippen LogP contribution in [0, 0.1) is 0 Å². The van der Waals surface area contributed by atoms with Crippen LogP contribution in [0.2, 0.25) is 0 Å². The molecule has 274 valence electrons. The number of rotatable bonds is 10. The van der Waals surface area contributed by atoms with Crippen molar-refractivity contribution in [2.75, 3.05) is 4.90 Å². The Morgan fingerprint density at radius 3 is 1.16 bits per heavy atom. The summed E-state index contributed by atoms with van der Waals surface area (Å²) in [6.07, 6.45) is 6.85. The first-order chi connectivity index (χ1) is 28.0. The van der Waals surface area contributed by atoms with E-state index in [-0.39, 0.29) is 5.41 Å². The summed E-state index contributed by atoms with van der Waals surface area (Å²) >= 11 is 0. The average Bonchev–Trinajstić information content (AvgIpc) is 3.50. The van der Waals surface area contributed by atoms with Gasteiger partial charge in [0.1, 0.15) is 0 Å². The highest BCUT2D eigenvalue weighted by molar-refractivity contribution is 7.15. The Labute approximate surface area is 338 Å². The Bertz CT molecular complexity index is 2530. The molecule has 1 aliphatic rings. The zero-order chi connectivity index (χ0) is 38.7. The van der Waals surface area contributed by atoms with Gasteiger partial charge in [-0.2, -0.15) is 0 Å². The third kappa shape index (κ3) is 6.90. The molecule has 8 aromatic carbocycles. The van der Waals surface area contributed by atoms with Gasteiger partial charge in [0.2, 0.25) is 0 Å². The lowest BCUT2D eigenvalue weighted by Crippen LogP contribution is -2.66. The maximum Gasteiger partial charge on any atom is 0.172 e. The highest BCUT2D eigenvalue weighted by Gasteiger charge is 2.38. The fraction of sp³-hybridized carbons (Fsp3) is 0.0545. The third-order valence-corrected chi connectivity index (χ3v) is 16.0. The van der Waals surface area contributed by atoms with Gasteiger partial charge in [0.25, 0.3) is 0 Å². The lowest BCUT2D eigenvalue weighted by Gasteiger charge is -2.31. The molecule has 0 spiro atoms. The second kappa shape index (κ2) is 15.4. The number of para-hydroxylation sites is 2. The van der Waals surface area contributed by atoms with Gasteiger partial charge in [-0.05, 0) is 90.9 Å². The van der Waals surface area contributed by atoms with Crippen LogP contribution in [0.3, 0.4) is 0 Å². The molecule has 0 heterocycles. The van der Waals surface area contributed by atoms with Crippen molar-refractivity contribution in [1.82, 2.24) is 0 Å². The lowest BCUT2D eigenvalue weighted by molar-refractivity contribution is 0.660. The van der Waals surface area contributed by atoms with Gasteiger partial charge in [0.15, 0.2) is 8.07 Å². The molecule has 0 unspecified atom stereocenters. The van der Waals surface area contributed by atoms with Gasteiger partial charge in [-0.15, -0.1) is 0 Å². The molecule has 0 N–H and O–H groups in total. The van der Waals surface area contributed by atoms with Crippen LogP contribution in [-0.2, 0) is 5.41 Å². The molecule has 1 aliphatic carbocycles. The molecule has 0 aliphatic heterocycles. The van der Waals surface area contributed by atoms with E-state index in [0.717, 1.165) is 17.1 Å². The Hall–Kier alpha value is -6.74. The zero-order valence-corrected chi connectivity index (χ0v) is 33.5. The Balaban J connectivity index is 1.00. The molecule has 0 amide bonds. The summed E-state index contributed by atoms with van der Waals surface area (Å²) in [7, 11) is -2.51. The first kappa shape index (κ1) is 35.9. The minimum atomic E-state index is -2.51. The van der Waals surface area contributed by atoms with E-state index >= 15 is 0 Å². The normalized spacial score (nSPS) is 13.1. The highest BCUT2D eigenvalue weighted by Crippen LogP contribution is 2.49. The standard InChI is InChI=1S/C55H45NSi/c1-55(2)53-40-43(29-28-42-30-34-47(35-31-42)56(45-18-8-3-9-19-45)46-20-10-4-11-21-46)32-36-51(53)52-37-33-44(41-54(52)55)38-39-57(48-22-12-5-13-23-48,49-24-14-6-15-25-49)50-26-16-7-17-27-50/h3-41H,1-2H3. The van der Waals surface area contributed by atoms with E-state index in [2.05, 4.69) is 255 Å². The van der Waals surface area contributed by atoms with Crippen molar-refractivity contribution < 1.29 is 0 Å². The molecule has 1 nitrogen and oxygen atoms in total. The van der Waals surface area contributed by atoms with Crippen molar-refractivity contribution in [3.05, 3.63) is 246 Å². The fourth-order valence-corrected chi connectivity index (χ4v) is 12.8. The SMILES string of the molecule is CC1(C)c2cc(C=Cc3ccc(N(c4ccccc4)c4ccccc4)cc3)ccc2-c2ccc(C=C[Si](c3ccccc3)(c3ccccc3)c3ccccc3)cc21. The van der Waals surface area contributed by atoms with Crippen LogP contribution in [0.25, 0.3) is 29.4 Å². The maximum absolute atomic E-state index is 2.54. The van der Waals surface area contributed by atoms with E-state index in [0.29, 0.717) is 0 Å². The maximum atomic E-state index is 2.54. The fourth-order valence-electron chi connectivity index (χ4n) is 8.62. The van der Waals surface area contributed by atoms with Crippen LogP contribution in [-0.4, -0.2) is 8.07 Å². The van der Waals surface area contributed by atoms with Crippen molar-refractivity contribution in [3.8, 4) is 11.1 Å². The molecule has 0 atom stereocenters. The van der Waals surface area contributed by atoms with Crippen LogP contribution in [0.4, 0.5) is 17.1 Å². The third-order valence-electron chi connectivity index (χ3n) is 11.6. The quantitative estimate of drug-likeness (QED) is 0.0765. The minimum Gasteiger partial charge on any atom is -0.311 e. The van der Waals surface area contributed by atoms with E-state index in [9.17, 15) is 0 Å². The predicted octanol–water partition coefficient (Wildman–Crippen LogP) is 12.4. The van der Waals surface area contributed by atoms with E-state index < -0.39 is 8.07 Å². The van der Waals surface area contributed by atoms with Crippen LogP contribution >= 0.6 is 0 Å². The number of hydrogen-bond donors (Lipinski definition) is 0. The second-order valence-corrected chi connectivity index (χ2v) is 19.1. The Kier molecular flexibility index (Phi) is 9.72. The van der Waals surface area contributed by atoms with Gasteiger partial charge >= 0.3 is 0 Å². The van der Waals surface area contributed by atoms with Crippen LogP contribution in [0.1, 0.15) is 41.7 Å². The Morgan fingerprint density at radius 2 is 0.719 bits per heavy atom. The molecular formula is C55H45NSi. The second-order valence-electron chi connectivity index (χ2n) is 15.4. The summed E-state index contributed by atoms with van der Waals surface area (Å²) in [5.41, 5.74) is 14.8. The Morgan fingerprint density at radius 1 is 0.368 bits per heavy atom. The molecule has 0 saturated carbocycles. The topological polar surface area (TPSA) is 3.24 Å². The van der Waals surface area contributed by atoms with Gasteiger partial charge in [-0.25, -0.2) is 0 Å². The van der Waals surface area contributed by atoms with Crippen molar-refractivity contribution in [3.63, 3.8) is 0 Å². The first-order valence-electron chi connectivity index (χ1n) is 19.8. The minimum absolute atomic E-state index is 0.134. The van der Waals surface area contributed by atoms with E-state index in [1.165, 1.54) is 54.5 Å². The number of fused-ring (bicyclic) bond motifs is 3. The van der Waals surface area contributed by atoms with Gasteiger partial charge in [-0.1, -0.05) is 214 Å². The zero-order valence-electron chi connectivity index (χ0n) is 32.5. The molecule has 0 radical (unpaired) electrons. The lowest BCUT2D eigenvalue weighted by atomic mass is 9.81. The van der Waals surface area contributed by atoms with Crippen LogP contribution in [0.5, 0.6) is 0 Å². The predicted molar refractivity (Wildman–Crippen MR) is 247 cm³/mol. The molecule has 8 aromatic rings. The smallest absolute Gasteiger partial charge is 0.172 e. The van der Waals surface area contributed by atoms with Gasteiger partial charge < -0.3 is 4.90 Å². The molecule has 0 fully saturated rings. The first-order valence-corrected chi connectivity index (χ1v) is 21.9. The summed E-state index contributed by atoms with van der Waals surface area (Å²) in [5, 5.41) is 4.14.